The third-order valence-electron chi connectivity index (χ3n) is 3.73. The number of amides is 2. The molecule has 20 heavy (non-hydrogen) atoms. The second-order valence-electron chi connectivity index (χ2n) is 5.49. The molecule has 4 nitrogen and oxygen atoms in total. The van der Waals surface area contributed by atoms with E-state index in [0.717, 1.165) is 42.1 Å². The molecule has 1 aromatic rings. The first-order valence-electron chi connectivity index (χ1n) is 7.02. The Balaban J connectivity index is 1.76. The summed E-state index contributed by atoms with van der Waals surface area (Å²) in [6.45, 7) is 4.57. The van der Waals surface area contributed by atoms with E-state index in [2.05, 4.69) is 22.6 Å². The Morgan fingerprint density at radius 2 is 2.10 bits per heavy atom. The number of rotatable bonds is 3. The summed E-state index contributed by atoms with van der Waals surface area (Å²) < 4.78 is 0. The molecule has 1 aromatic carbocycles. The Morgan fingerprint density at radius 1 is 1.40 bits per heavy atom. The zero-order valence-corrected chi connectivity index (χ0v) is 12.8. The smallest absolute Gasteiger partial charge is 0.315 e. The van der Waals surface area contributed by atoms with Crippen molar-refractivity contribution in [2.45, 2.75) is 32.4 Å². The molecule has 0 atom stereocenters. The first-order chi connectivity index (χ1) is 9.54. The quantitative estimate of drug-likeness (QED) is 0.900. The van der Waals surface area contributed by atoms with Gasteiger partial charge in [-0.3, -0.25) is 0 Å². The SMILES string of the molecule is Cc1cc(CNC(=O)NC2CCN(C)CC2)ccc1Cl. The van der Waals surface area contributed by atoms with Crippen LogP contribution in [-0.2, 0) is 6.54 Å². The molecule has 2 amide bonds. The fraction of sp³-hybridized carbons (Fsp3) is 0.533. The Hall–Kier alpha value is -1.26. The maximum Gasteiger partial charge on any atom is 0.315 e. The van der Waals surface area contributed by atoms with Crippen LogP contribution in [-0.4, -0.2) is 37.1 Å². The van der Waals surface area contributed by atoms with Gasteiger partial charge >= 0.3 is 6.03 Å². The lowest BCUT2D eigenvalue weighted by Gasteiger charge is -2.29. The molecule has 0 unspecified atom stereocenters. The molecule has 1 aliphatic rings. The van der Waals surface area contributed by atoms with E-state index in [0.29, 0.717) is 6.54 Å². The van der Waals surface area contributed by atoms with Crippen LogP contribution < -0.4 is 10.6 Å². The van der Waals surface area contributed by atoms with E-state index in [-0.39, 0.29) is 12.1 Å². The Kier molecular flexibility index (Phi) is 5.26. The number of nitrogens with zero attached hydrogens (tertiary/aromatic N) is 1. The summed E-state index contributed by atoms with van der Waals surface area (Å²) in [5.74, 6) is 0. The molecule has 1 saturated heterocycles. The van der Waals surface area contributed by atoms with Gasteiger partial charge in [-0.25, -0.2) is 4.79 Å². The predicted molar refractivity (Wildman–Crippen MR) is 82.1 cm³/mol. The van der Waals surface area contributed by atoms with Gasteiger partial charge in [0.1, 0.15) is 0 Å². The van der Waals surface area contributed by atoms with Crippen LogP contribution in [0.1, 0.15) is 24.0 Å². The van der Waals surface area contributed by atoms with Crippen molar-refractivity contribution >= 4 is 17.6 Å². The van der Waals surface area contributed by atoms with Crippen LogP contribution in [0.25, 0.3) is 0 Å². The number of piperidine rings is 1. The molecular weight excluding hydrogens is 274 g/mol. The van der Waals surface area contributed by atoms with Gasteiger partial charge in [0, 0.05) is 17.6 Å². The number of hydrogen-bond donors (Lipinski definition) is 2. The minimum absolute atomic E-state index is 0.0906. The standard InChI is InChI=1S/C15H22ClN3O/c1-11-9-12(3-4-14(11)16)10-17-15(20)18-13-5-7-19(2)8-6-13/h3-4,9,13H,5-8,10H2,1-2H3,(H2,17,18,20). The van der Waals surface area contributed by atoms with Crippen molar-refractivity contribution in [3.63, 3.8) is 0 Å². The van der Waals surface area contributed by atoms with E-state index in [1.54, 1.807) is 0 Å². The molecule has 110 valence electrons. The van der Waals surface area contributed by atoms with Crippen molar-refractivity contribution in [3.8, 4) is 0 Å². The van der Waals surface area contributed by atoms with Gasteiger partial charge in [-0.05, 0) is 57.1 Å². The number of aryl methyl sites for hydroxylation is 1. The van der Waals surface area contributed by atoms with Crippen molar-refractivity contribution in [1.82, 2.24) is 15.5 Å². The zero-order chi connectivity index (χ0) is 14.5. The largest absolute Gasteiger partial charge is 0.335 e. The van der Waals surface area contributed by atoms with Gasteiger partial charge in [-0.2, -0.15) is 0 Å². The van der Waals surface area contributed by atoms with E-state index in [4.69, 9.17) is 11.6 Å². The van der Waals surface area contributed by atoms with Crippen LogP contribution in [0.5, 0.6) is 0 Å². The molecular formula is C15H22ClN3O. The van der Waals surface area contributed by atoms with Gasteiger partial charge in [-0.1, -0.05) is 23.7 Å². The van der Waals surface area contributed by atoms with Crippen LogP contribution in [0.4, 0.5) is 4.79 Å². The number of halogens is 1. The van der Waals surface area contributed by atoms with E-state index < -0.39 is 0 Å². The predicted octanol–water partition coefficient (Wildman–Crippen LogP) is 2.54. The molecule has 2 rings (SSSR count). The molecule has 0 bridgehead atoms. The molecule has 0 aromatic heterocycles. The van der Waals surface area contributed by atoms with Gasteiger partial charge in [-0.15, -0.1) is 0 Å². The van der Waals surface area contributed by atoms with Gasteiger partial charge in [0.15, 0.2) is 0 Å². The molecule has 0 radical (unpaired) electrons. The molecule has 0 aliphatic carbocycles. The number of urea groups is 1. The third kappa shape index (κ3) is 4.39. The van der Waals surface area contributed by atoms with E-state index in [1.807, 2.05) is 25.1 Å². The molecule has 5 heteroatoms. The fourth-order valence-corrected chi connectivity index (χ4v) is 2.51. The fourth-order valence-electron chi connectivity index (χ4n) is 2.39. The third-order valence-corrected chi connectivity index (χ3v) is 4.15. The highest BCUT2D eigenvalue weighted by Crippen LogP contribution is 2.16. The topological polar surface area (TPSA) is 44.4 Å². The zero-order valence-electron chi connectivity index (χ0n) is 12.1. The van der Waals surface area contributed by atoms with Gasteiger partial charge < -0.3 is 15.5 Å². The summed E-state index contributed by atoms with van der Waals surface area (Å²) in [6.07, 6.45) is 2.04. The second kappa shape index (κ2) is 6.95. The number of likely N-dealkylation sites (tertiary alicyclic amines) is 1. The number of carbonyl (C=O) groups is 1. The first-order valence-corrected chi connectivity index (χ1v) is 7.40. The molecule has 2 N–H and O–H groups in total. The highest BCUT2D eigenvalue weighted by atomic mass is 35.5. The summed E-state index contributed by atoms with van der Waals surface area (Å²) >= 11 is 5.98. The van der Waals surface area contributed by atoms with Crippen molar-refractivity contribution < 1.29 is 4.79 Å². The highest BCUT2D eigenvalue weighted by Gasteiger charge is 2.18. The van der Waals surface area contributed by atoms with Gasteiger partial charge in [0.2, 0.25) is 0 Å². The summed E-state index contributed by atoms with van der Waals surface area (Å²) in [4.78, 5) is 14.1. The van der Waals surface area contributed by atoms with Crippen molar-refractivity contribution in [2.24, 2.45) is 0 Å². The summed E-state index contributed by atoms with van der Waals surface area (Å²) in [5, 5.41) is 6.68. The monoisotopic (exact) mass is 295 g/mol. The Labute approximate surface area is 125 Å². The summed E-state index contributed by atoms with van der Waals surface area (Å²) in [7, 11) is 2.11. The number of nitrogens with one attached hydrogen (secondary N) is 2. The van der Waals surface area contributed by atoms with Crippen LogP contribution in [0.3, 0.4) is 0 Å². The molecule has 1 aliphatic heterocycles. The maximum atomic E-state index is 11.9. The van der Waals surface area contributed by atoms with Crippen LogP contribution in [0.15, 0.2) is 18.2 Å². The van der Waals surface area contributed by atoms with Crippen LogP contribution in [0.2, 0.25) is 5.02 Å². The maximum absolute atomic E-state index is 11.9. The average molecular weight is 296 g/mol. The van der Waals surface area contributed by atoms with Crippen molar-refractivity contribution in [2.75, 3.05) is 20.1 Å². The molecule has 1 heterocycles. The minimum Gasteiger partial charge on any atom is -0.335 e. The lowest BCUT2D eigenvalue weighted by Crippen LogP contribution is -2.46. The van der Waals surface area contributed by atoms with Crippen molar-refractivity contribution in [1.29, 1.82) is 0 Å². The summed E-state index contributed by atoms with van der Waals surface area (Å²) in [5.41, 5.74) is 2.09. The van der Waals surface area contributed by atoms with E-state index in [1.165, 1.54) is 0 Å². The molecule has 0 saturated carbocycles. The van der Waals surface area contributed by atoms with E-state index in [9.17, 15) is 4.79 Å². The van der Waals surface area contributed by atoms with Gasteiger partial charge in [0.25, 0.3) is 0 Å². The minimum atomic E-state index is -0.0906. The Morgan fingerprint density at radius 3 is 2.75 bits per heavy atom. The average Bonchev–Trinajstić information content (AvgIpc) is 2.43. The Bertz CT molecular complexity index is 470. The summed E-state index contributed by atoms with van der Waals surface area (Å²) in [6, 6.07) is 6.00. The first kappa shape index (κ1) is 15.1. The second-order valence-corrected chi connectivity index (χ2v) is 5.90. The number of benzene rings is 1. The highest BCUT2D eigenvalue weighted by molar-refractivity contribution is 6.31. The van der Waals surface area contributed by atoms with Crippen molar-refractivity contribution in [3.05, 3.63) is 34.3 Å². The molecule has 1 fully saturated rings. The molecule has 0 spiro atoms. The lowest BCUT2D eigenvalue weighted by molar-refractivity contribution is 0.213. The lowest BCUT2D eigenvalue weighted by atomic mass is 10.1. The van der Waals surface area contributed by atoms with Crippen LogP contribution in [0, 0.1) is 6.92 Å². The number of carbonyl (C=O) groups excluding carboxylic acids is 1. The van der Waals surface area contributed by atoms with Crippen LogP contribution >= 0.6 is 11.6 Å². The normalized spacial score (nSPS) is 16.9. The van der Waals surface area contributed by atoms with Gasteiger partial charge in [0.05, 0.1) is 0 Å². The number of hydrogen-bond acceptors (Lipinski definition) is 2. The van der Waals surface area contributed by atoms with E-state index >= 15 is 0 Å².